The van der Waals surface area contributed by atoms with Gasteiger partial charge in [0.25, 0.3) is 0 Å². The van der Waals surface area contributed by atoms with Crippen LogP contribution in [0.1, 0.15) is 21.7 Å². The zero-order valence-corrected chi connectivity index (χ0v) is 17.7. The molecule has 0 spiro atoms. The summed E-state index contributed by atoms with van der Waals surface area (Å²) in [6, 6.07) is 14.3. The zero-order valence-electron chi connectivity index (χ0n) is 16.9. The van der Waals surface area contributed by atoms with Gasteiger partial charge in [-0.2, -0.15) is 0 Å². The summed E-state index contributed by atoms with van der Waals surface area (Å²) in [5.41, 5.74) is 2.13. The first kappa shape index (κ1) is 21.4. The summed E-state index contributed by atoms with van der Waals surface area (Å²) in [7, 11) is 3.16. The Balaban J connectivity index is 1.50. The van der Waals surface area contributed by atoms with Crippen LogP contribution in [0.4, 0.5) is 5.69 Å². The highest BCUT2D eigenvalue weighted by Crippen LogP contribution is 2.19. The van der Waals surface area contributed by atoms with Crippen LogP contribution in [0.25, 0.3) is 0 Å². The summed E-state index contributed by atoms with van der Waals surface area (Å²) < 4.78 is 12.2. The maximum absolute atomic E-state index is 12.2. The molecule has 3 aromatic rings. The predicted molar refractivity (Wildman–Crippen MR) is 114 cm³/mol. The minimum Gasteiger partial charge on any atom is -0.486 e. The normalized spacial score (nSPS) is 10.5. The quantitative estimate of drug-likeness (QED) is 0.436. The summed E-state index contributed by atoms with van der Waals surface area (Å²) in [4.78, 5) is 23.7. The number of amides is 1. The first-order valence-corrected chi connectivity index (χ1v) is 10.1. The van der Waals surface area contributed by atoms with E-state index in [1.54, 1.807) is 28.8 Å². The number of esters is 1. The van der Waals surface area contributed by atoms with Crippen molar-refractivity contribution in [2.75, 3.05) is 18.2 Å². The van der Waals surface area contributed by atoms with E-state index in [2.05, 4.69) is 20.3 Å². The van der Waals surface area contributed by atoms with Gasteiger partial charge in [-0.1, -0.05) is 23.9 Å². The molecule has 1 heterocycles. The highest BCUT2D eigenvalue weighted by atomic mass is 32.2. The van der Waals surface area contributed by atoms with Gasteiger partial charge in [0.1, 0.15) is 12.4 Å². The molecule has 0 bridgehead atoms. The summed E-state index contributed by atoms with van der Waals surface area (Å²) >= 11 is 1.28. The highest BCUT2D eigenvalue weighted by Gasteiger charge is 2.13. The van der Waals surface area contributed by atoms with Gasteiger partial charge in [0.2, 0.25) is 5.91 Å². The molecular formula is C21H22N4O4S. The number of aryl methyl sites for hydroxylation is 1. The van der Waals surface area contributed by atoms with Crippen LogP contribution in [0.15, 0.2) is 53.7 Å². The lowest BCUT2D eigenvalue weighted by Gasteiger charge is -2.08. The van der Waals surface area contributed by atoms with Crippen LogP contribution in [-0.4, -0.2) is 39.5 Å². The van der Waals surface area contributed by atoms with Gasteiger partial charge in [-0.25, -0.2) is 4.79 Å². The number of hydrogen-bond acceptors (Lipinski definition) is 7. The molecule has 0 aliphatic rings. The third kappa shape index (κ3) is 5.60. The fourth-order valence-corrected chi connectivity index (χ4v) is 3.31. The number of ether oxygens (including phenoxy) is 2. The Kier molecular flexibility index (Phi) is 7.08. The van der Waals surface area contributed by atoms with Crippen LogP contribution in [0.3, 0.4) is 0 Å². The second-order valence-corrected chi connectivity index (χ2v) is 7.41. The van der Waals surface area contributed by atoms with Crippen molar-refractivity contribution < 1.29 is 19.1 Å². The molecule has 0 saturated carbocycles. The van der Waals surface area contributed by atoms with Gasteiger partial charge in [-0.15, -0.1) is 10.2 Å². The summed E-state index contributed by atoms with van der Waals surface area (Å²) in [6.07, 6.45) is 0. The molecule has 0 fully saturated rings. The van der Waals surface area contributed by atoms with Crippen molar-refractivity contribution in [1.82, 2.24) is 14.8 Å². The number of methoxy groups -OCH3 is 1. The molecule has 2 aromatic carbocycles. The van der Waals surface area contributed by atoms with Crippen LogP contribution in [0.2, 0.25) is 0 Å². The van der Waals surface area contributed by atoms with Crippen molar-refractivity contribution >= 4 is 29.3 Å². The van der Waals surface area contributed by atoms with Gasteiger partial charge < -0.3 is 19.4 Å². The number of hydrogen-bond donors (Lipinski definition) is 1. The average molecular weight is 426 g/mol. The second-order valence-electron chi connectivity index (χ2n) is 6.47. The van der Waals surface area contributed by atoms with E-state index >= 15 is 0 Å². The molecule has 156 valence electrons. The third-order valence-electron chi connectivity index (χ3n) is 4.20. The van der Waals surface area contributed by atoms with E-state index in [0.29, 0.717) is 22.2 Å². The number of benzene rings is 2. The lowest BCUT2D eigenvalue weighted by Crippen LogP contribution is -2.14. The third-order valence-corrected chi connectivity index (χ3v) is 5.22. The number of nitrogens with zero attached hydrogens (tertiary/aromatic N) is 3. The Hall–Kier alpha value is -3.33. The SMILES string of the molecule is COC(=O)c1ccc(NC(=O)CSc2nnc(COc3cccc(C)c3)n2C)cc1. The molecule has 0 aliphatic heterocycles. The first-order chi connectivity index (χ1) is 14.5. The lowest BCUT2D eigenvalue weighted by atomic mass is 10.2. The number of aromatic nitrogens is 3. The molecule has 1 N–H and O–H groups in total. The monoisotopic (exact) mass is 426 g/mol. The molecule has 0 atom stereocenters. The van der Waals surface area contributed by atoms with E-state index in [9.17, 15) is 9.59 Å². The maximum Gasteiger partial charge on any atom is 0.337 e. The standard InChI is InChI=1S/C21H22N4O4S/c1-14-5-4-6-17(11-14)29-12-18-23-24-21(25(18)2)30-13-19(26)22-16-9-7-15(8-10-16)20(27)28-3/h4-11H,12-13H2,1-3H3,(H,22,26). The molecule has 8 nitrogen and oxygen atoms in total. The molecule has 0 aliphatic carbocycles. The Bertz CT molecular complexity index is 1030. The molecule has 0 radical (unpaired) electrons. The van der Waals surface area contributed by atoms with Crippen LogP contribution < -0.4 is 10.1 Å². The van der Waals surface area contributed by atoms with Crippen LogP contribution >= 0.6 is 11.8 Å². The van der Waals surface area contributed by atoms with E-state index in [1.807, 2.05) is 38.2 Å². The van der Waals surface area contributed by atoms with Crippen LogP contribution in [-0.2, 0) is 23.2 Å². The fraction of sp³-hybridized carbons (Fsp3) is 0.238. The van der Waals surface area contributed by atoms with E-state index in [0.717, 1.165) is 11.3 Å². The van der Waals surface area contributed by atoms with Crippen molar-refractivity contribution in [3.8, 4) is 5.75 Å². The van der Waals surface area contributed by atoms with E-state index in [1.165, 1.54) is 18.9 Å². The van der Waals surface area contributed by atoms with E-state index in [4.69, 9.17) is 4.74 Å². The van der Waals surface area contributed by atoms with Crippen molar-refractivity contribution in [2.45, 2.75) is 18.7 Å². The first-order valence-electron chi connectivity index (χ1n) is 9.15. The Morgan fingerprint density at radius 1 is 1.13 bits per heavy atom. The van der Waals surface area contributed by atoms with Crippen molar-refractivity contribution in [3.05, 3.63) is 65.5 Å². The minimum absolute atomic E-state index is 0.170. The zero-order chi connectivity index (χ0) is 21.5. The van der Waals surface area contributed by atoms with Crippen LogP contribution in [0.5, 0.6) is 5.75 Å². The van der Waals surface area contributed by atoms with Gasteiger partial charge in [-0.3, -0.25) is 4.79 Å². The predicted octanol–water partition coefficient (Wildman–Crippen LogP) is 3.22. The summed E-state index contributed by atoms with van der Waals surface area (Å²) in [5.74, 6) is 0.991. The summed E-state index contributed by atoms with van der Waals surface area (Å²) in [5, 5.41) is 11.7. The van der Waals surface area contributed by atoms with E-state index < -0.39 is 5.97 Å². The molecule has 30 heavy (non-hydrogen) atoms. The van der Waals surface area contributed by atoms with Gasteiger partial charge in [0.05, 0.1) is 18.4 Å². The highest BCUT2D eigenvalue weighted by molar-refractivity contribution is 7.99. The number of rotatable bonds is 8. The number of nitrogens with one attached hydrogen (secondary N) is 1. The number of carbonyl (C=O) groups is 2. The van der Waals surface area contributed by atoms with Crippen molar-refractivity contribution in [1.29, 1.82) is 0 Å². The van der Waals surface area contributed by atoms with Gasteiger partial charge in [0.15, 0.2) is 11.0 Å². The maximum atomic E-state index is 12.2. The number of anilines is 1. The van der Waals surface area contributed by atoms with Gasteiger partial charge in [0, 0.05) is 12.7 Å². The Morgan fingerprint density at radius 2 is 1.90 bits per heavy atom. The fourth-order valence-electron chi connectivity index (χ4n) is 2.58. The topological polar surface area (TPSA) is 95.3 Å². The second kappa shape index (κ2) is 9.93. The molecule has 1 amide bonds. The minimum atomic E-state index is -0.423. The molecule has 1 aromatic heterocycles. The lowest BCUT2D eigenvalue weighted by molar-refractivity contribution is -0.113. The summed E-state index contributed by atoms with van der Waals surface area (Å²) in [6.45, 7) is 2.29. The molecule has 3 rings (SSSR count). The Labute approximate surface area is 178 Å². The van der Waals surface area contributed by atoms with Crippen molar-refractivity contribution in [3.63, 3.8) is 0 Å². The molecule has 0 unspecified atom stereocenters. The Morgan fingerprint density at radius 3 is 2.60 bits per heavy atom. The van der Waals surface area contributed by atoms with Gasteiger partial charge >= 0.3 is 5.97 Å². The smallest absolute Gasteiger partial charge is 0.337 e. The molecule has 9 heteroatoms. The molecular weight excluding hydrogens is 404 g/mol. The van der Waals surface area contributed by atoms with E-state index in [-0.39, 0.29) is 18.3 Å². The van der Waals surface area contributed by atoms with Crippen LogP contribution in [0, 0.1) is 6.92 Å². The number of carbonyl (C=O) groups excluding carboxylic acids is 2. The average Bonchev–Trinajstić information content (AvgIpc) is 3.10. The van der Waals surface area contributed by atoms with Crippen molar-refractivity contribution in [2.24, 2.45) is 7.05 Å². The van der Waals surface area contributed by atoms with Gasteiger partial charge in [-0.05, 0) is 48.9 Å². The molecule has 0 saturated heterocycles. The number of thioether (sulfide) groups is 1. The largest absolute Gasteiger partial charge is 0.486 e.